The lowest BCUT2D eigenvalue weighted by Crippen LogP contribution is -2.35. The number of nitro benzene ring substituents is 1. The van der Waals surface area contributed by atoms with Gasteiger partial charge in [-0.05, 0) is 40.2 Å². The van der Waals surface area contributed by atoms with Crippen LogP contribution in [0, 0.1) is 29.8 Å². The number of rotatable bonds is 5. The number of non-ortho nitro benzene ring substituents is 1. The van der Waals surface area contributed by atoms with Crippen molar-refractivity contribution in [3.63, 3.8) is 0 Å². The van der Waals surface area contributed by atoms with E-state index in [-0.39, 0.29) is 17.5 Å². The van der Waals surface area contributed by atoms with E-state index >= 15 is 0 Å². The molecular formula is C20H22FN7O4. The molecule has 12 heteroatoms. The molecule has 0 atom stereocenters. The molecule has 32 heavy (non-hydrogen) atoms. The number of aromatic nitrogens is 4. The van der Waals surface area contributed by atoms with Crippen molar-refractivity contribution in [2.45, 2.75) is 40.2 Å². The highest BCUT2D eigenvalue weighted by molar-refractivity contribution is 5.94. The zero-order valence-corrected chi connectivity index (χ0v) is 18.1. The summed E-state index contributed by atoms with van der Waals surface area (Å²) >= 11 is 0. The van der Waals surface area contributed by atoms with Crippen LogP contribution in [0.1, 0.15) is 32.0 Å². The zero-order chi connectivity index (χ0) is 23.6. The molecule has 3 rings (SSSR count). The fourth-order valence-electron chi connectivity index (χ4n) is 2.67. The minimum Gasteiger partial charge on any atom is -0.443 e. The number of anilines is 4. The molecule has 168 valence electrons. The molecule has 1 aromatic carbocycles. The Hall–Kier alpha value is -4.09. The number of hydrogen-bond donors (Lipinski definition) is 2. The highest BCUT2D eigenvalue weighted by Crippen LogP contribution is 2.30. The molecule has 0 radical (unpaired) electrons. The molecule has 0 spiro atoms. The smallest absolute Gasteiger partial charge is 0.422 e. The second-order valence-corrected chi connectivity index (χ2v) is 7.97. The van der Waals surface area contributed by atoms with Crippen molar-refractivity contribution in [2.75, 3.05) is 10.2 Å². The number of H-pyrrole nitrogens is 1. The molecule has 0 aliphatic carbocycles. The topological polar surface area (TPSA) is 139 Å². The van der Waals surface area contributed by atoms with Crippen LogP contribution in [-0.4, -0.2) is 36.8 Å². The molecule has 0 saturated heterocycles. The number of nitrogens with one attached hydrogen (secondary N) is 2. The van der Waals surface area contributed by atoms with Gasteiger partial charge in [0.15, 0.2) is 17.5 Å². The summed E-state index contributed by atoms with van der Waals surface area (Å²) in [6.07, 6.45) is -0.00657. The van der Waals surface area contributed by atoms with Crippen molar-refractivity contribution >= 4 is 35.1 Å². The van der Waals surface area contributed by atoms with E-state index in [1.807, 2.05) is 0 Å². The van der Waals surface area contributed by atoms with E-state index in [4.69, 9.17) is 4.74 Å². The Morgan fingerprint density at radius 3 is 2.59 bits per heavy atom. The molecule has 0 unspecified atom stereocenters. The molecule has 11 nitrogen and oxygen atoms in total. The van der Waals surface area contributed by atoms with Crippen LogP contribution in [0.2, 0.25) is 0 Å². The second kappa shape index (κ2) is 8.57. The number of aryl methyl sites for hydroxylation is 2. The molecule has 0 fully saturated rings. The maximum absolute atomic E-state index is 14.8. The maximum Gasteiger partial charge on any atom is 0.422 e. The van der Waals surface area contributed by atoms with Crippen molar-refractivity contribution in [1.29, 1.82) is 0 Å². The Bertz CT molecular complexity index is 1170. The third-order valence-electron chi connectivity index (χ3n) is 4.11. The first-order chi connectivity index (χ1) is 14.9. The van der Waals surface area contributed by atoms with Crippen molar-refractivity contribution in [3.05, 3.63) is 57.7 Å². The van der Waals surface area contributed by atoms with Gasteiger partial charge < -0.3 is 10.1 Å². The third kappa shape index (κ3) is 5.14. The summed E-state index contributed by atoms with van der Waals surface area (Å²) in [4.78, 5) is 32.3. The van der Waals surface area contributed by atoms with E-state index in [0.29, 0.717) is 16.9 Å². The number of nitro groups is 1. The van der Waals surface area contributed by atoms with Crippen LogP contribution in [0.4, 0.5) is 38.1 Å². The van der Waals surface area contributed by atoms with Gasteiger partial charge in [-0.1, -0.05) is 6.07 Å². The number of halogens is 1. The number of aromatic amines is 1. The molecule has 1 amide bonds. The van der Waals surface area contributed by atoms with Crippen LogP contribution in [0.5, 0.6) is 0 Å². The number of amides is 1. The van der Waals surface area contributed by atoms with E-state index < -0.39 is 28.3 Å². The van der Waals surface area contributed by atoms with Crippen LogP contribution in [0.3, 0.4) is 0 Å². The molecule has 0 aliphatic rings. The maximum atomic E-state index is 14.8. The summed E-state index contributed by atoms with van der Waals surface area (Å²) in [7, 11) is 0. The number of hydrogen-bond acceptors (Lipinski definition) is 8. The molecule has 3 aromatic rings. The number of carbonyl (C=O) groups is 1. The number of carbonyl (C=O) groups excluding carboxylic acids is 1. The summed E-state index contributed by atoms with van der Waals surface area (Å²) in [5.41, 5.74) is 0.676. The van der Waals surface area contributed by atoms with Gasteiger partial charge in [0.05, 0.1) is 16.8 Å². The van der Waals surface area contributed by atoms with Crippen LogP contribution in [0.15, 0.2) is 30.5 Å². The van der Waals surface area contributed by atoms with Crippen LogP contribution < -0.4 is 10.2 Å². The summed E-state index contributed by atoms with van der Waals surface area (Å²) in [5.74, 6) is -1.29. The first kappa shape index (κ1) is 22.6. The Balaban J connectivity index is 2.04. The van der Waals surface area contributed by atoms with Crippen molar-refractivity contribution in [1.82, 2.24) is 20.2 Å². The normalized spacial score (nSPS) is 11.2. The summed E-state index contributed by atoms with van der Waals surface area (Å²) in [5, 5.41) is 20.6. The number of ether oxygens (including phenoxy) is 1. The van der Waals surface area contributed by atoms with Gasteiger partial charge in [0.1, 0.15) is 5.60 Å². The predicted molar refractivity (Wildman–Crippen MR) is 115 cm³/mol. The second-order valence-electron chi connectivity index (χ2n) is 7.97. The number of nitrogens with zero attached hydrogens (tertiary/aromatic N) is 5. The van der Waals surface area contributed by atoms with E-state index in [1.165, 1.54) is 18.2 Å². The van der Waals surface area contributed by atoms with Gasteiger partial charge in [0, 0.05) is 23.9 Å². The van der Waals surface area contributed by atoms with Gasteiger partial charge in [-0.2, -0.15) is 10.1 Å². The molecule has 0 saturated carbocycles. The lowest BCUT2D eigenvalue weighted by atomic mass is 10.2. The SMILES string of the molecule is Cc1cc(N(C(=O)OC(C)(C)C)c2nc(Nc3cc([N+](=O)[O-])ccc3C)ncc2F)n[nH]1. The average molecular weight is 443 g/mol. The molecule has 0 aliphatic heterocycles. The third-order valence-corrected chi connectivity index (χ3v) is 4.11. The minimum absolute atomic E-state index is 0.0758. The summed E-state index contributed by atoms with van der Waals surface area (Å²) in [6, 6.07) is 5.76. The predicted octanol–water partition coefficient (Wildman–Crippen LogP) is 4.68. The fraction of sp³-hybridized carbons (Fsp3) is 0.300. The van der Waals surface area contributed by atoms with E-state index in [2.05, 4.69) is 25.5 Å². The fourth-order valence-corrected chi connectivity index (χ4v) is 2.67. The monoisotopic (exact) mass is 443 g/mol. The highest BCUT2D eigenvalue weighted by atomic mass is 19.1. The number of benzene rings is 1. The molecule has 2 heterocycles. The van der Waals surface area contributed by atoms with Gasteiger partial charge in [-0.25, -0.2) is 19.1 Å². The quantitative estimate of drug-likeness (QED) is 0.428. The van der Waals surface area contributed by atoms with Crippen molar-refractivity contribution in [2.24, 2.45) is 0 Å². The van der Waals surface area contributed by atoms with Crippen molar-refractivity contribution < 1.29 is 18.8 Å². The average Bonchev–Trinajstić information content (AvgIpc) is 3.10. The Morgan fingerprint density at radius 1 is 1.28 bits per heavy atom. The van der Waals surface area contributed by atoms with E-state index in [1.54, 1.807) is 40.7 Å². The lowest BCUT2D eigenvalue weighted by Gasteiger charge is -2.25. The minimum atomic E-state index is -0.891. The first-order valence-electron chi connectivity index (χ1n) is 9.54. The van der Waals surface area contributed by atoms with Gasteiger partial charge in [-0.15, -0.1) is 0 Å². The summed E-state index contributed by atoms with van der Waals surface area (Å²) < 4.78 is 20.2. The van der Waals surface area contributed by atoms with E-state index in [9.17, 15) is 19.3 Å². The van der Waals surface area contributed by atoms with Crippen LogP contribution in [-0.2, 0) is 4.74 Å². The zero-order valence-electron chi connectivity index (χ0n) is 18.1. The molecule has 0 bridgehead atoms. The largest absolute Gasteiger partial charge is 0.443 e. The molecular weight excluding hydrogens is 421 g/mol. The van der Waals surface area contributed by atoms with Gasteiger partial charge >= 0.3 is 6.09 Å². The summed E-state index contributed by atoms with van der Waals surface area (Å²) in [6.45, 7) is 8.47. The van der Waals surface area contributed by atoms with Gasteiger partial charge in [0.25, 0.3) is 5.69 Å². The van der Waals surface area contributed by atoms with Crippen LogP contribution in [0.25, 0.3) is 0 Å². The molecule has 2 aromatic heterocycles. The lowest BCUT2D eigenvalue weighted by molar-refractivity contribution is -0.384. The first-order valence-corrected chi connectivity index (χ1v) is 9.54. The molecule has 2 N–H and O–H groups in total. The Kier molecular flexibility index (Phi) is 6.05. The van der Waals surface area contributed by atoms with Gasteiger partial charge in [-0.3, -0.25) is 15.2 Å². The standard InChI is InChI=1S/C20H22FN7O4/c1-11-6-7-13(28(30)31)9-15(11)23-18-22-10-14(21)17(24-18)27(16-8-12(2)25-26-16)19(29)32-20(3,4)5/h6-10H,1-5H3,(H,25,26)(H,22,23,24). The van der Waals surface area contributed by atoms with Crippen molar-refractivity contribution in [3.8, 4) is 0 Å². The Labute approximate surface area is 182 Å². The Morgan fingerprint density at radius 2 is 2.00 bits per heavy atom. The van der Waals surface area contributed by atoms with Gasteiger partial charge in [0.2, 0.25) is 5.95 Å². The van der Waals surface area contributed by atoms with Crippen LogP contribution >= 0.6 is 0 Å². The van der Waals surface area contributed by atoms with E-state index in [0.717, 1.165) is 11.1 Å². The highest BCUT2D eigenvalue weighted by Gasteiger charge is 2.30.